The first-order valence-electron chi connectivity index (χ1n) is 11.8. The van der Waals surface area contributed by atoms with Gasteiger partial charge >= 0.3 is 6.03 Å². The standard InChI is InChI=1S/C24H30N4O7S2/c1-15(29)37-19(8-5-9-28-21(31)16-6-3-4-7-17(16)22(28)32)23(33)26(2)18(14-36)20(30)25-24(34)27-10-12-35-13-11-27/h3-4,6-7,18-19,36H,5,8-14H2,1-2H3,(H,25,30,34)/t18?,19-/m0/s1. The monoisotopic (exact) mass is 550 g/mol. The molecule has 0 saturated carbocycles. The van der Waals surface area contributed by atoms with E-state index in [1.165, 1.54) is 23.8 Å². The number of rotatable bonds is 9. The summed E-state index contributed by atoms with van der Waals surface area (Å²) in [6, 6.07) is 4.93. The van der Waals surface area contributed by atoms with Crippen LogP contribution in [-0.4, -0.2) is 106 Å². The summed E-state index contributed by atoms with van der Waals surface area (Å²) < 4.78 is 5.20. The molecule has 1 fully saturated rings. The molecule has 2 atom stereocenters. The number of hydrogen-bond acceptors (Lipinski definition) is 9. The number of morpholine rings is 1. The summed E-state index contributed by atoms with van der Waals surface area (Å²) in [7, 11) is 1.42. The largest absolute Gasteiger partial charge is 0.378 e. The Balaban J connectivity index is 1.60. The van der Waals surface area contributed by atoms with Crippen LogP contribution in [0.5, 0.6) is 0 Å². The van der Waals surface area contributed by atoms with Crippen LogP contribution in [0.25, 0.3) is 0 Å². The first-order chi connectivity index (χ1) is 17.6. The van der Waals surface area contributed by atoms with Gasteiger partial charge in [-0.25, -0.2) is 4.79 Å². The Kier molecular flexibility index (Phi) is 10.1. The normalized spacial score (nSPS) is 16.7. The Morgan fingerprint density at radius 2 is 1.70 bits per heavy atom. The van der Waals surface area contributed by atoms with Gasteiger partial charge in [0.15, 0.2) is 5.12 Å². The zero-order valence-corrected chi connectivity index (χ0v) is 22.4. The third-order valence-corrected chi connectivity index (χ3v) is 7.53. The number of amides is 6. The zero-order valence-electron chi connectivity index (χ0n) is 20.7. The lowest BCUT2D eigenvalue weighted by Gasteiger charge is -2.31. The van der Waals surface area contributed by atoms with Crippen molar-refractivity contribution in [3.63, 3.8) is 0 Å². The van der Waals surface area contributed by atoms with Crippen LogP contribution < -0.4 is 5.32 Å². The fourth-order valence-corrected chi connectivity index (χ4v) is 5.47. The third kappa shape index (κ3) is 6.90. The predicted molar refractivity (Wildman–Crippen MR) is 139 cm³/mol. The van der Waals surface area contributed by atoms with Gasteiger partial charge in [0.1, 0.15) is 6.04 Å². The van der Waals surface area contributed by atoms with Crippen LogP contribution in [0, 0.1) is 0 Å². The van der Waals surface area contributed by atoms with E-state index in [1.54, 1.807) is 24.3 Å². The van der Waals surface area contributed by atoms with E-state index in [4.69, 9.17) is 4.74 Å². The maximum atomic E-state index is 13.3. The summed E-state index contributed by atoms with van der Waals surface area (Å²) in [4.78, 5) is 79.3. The molecule has 0 spiro atoms. The van der Waals surface area contributed by atoms with Crippen LogP contribution in [0.15, 0.2) is 24.3 Å². The van der Waals surface area contributed by atoms with E-state index in [0.717, 1.165) is 16.7 Å². The van der Waals surface area contributed by atoms with E-state index in [0.29, 0.717) is 37.4 Å². The molecule has 2 aliphatic rings. The molecule has 1 unspecified atom stereocenters. The van der Waals surface area contributed by atoms with E-state index in [1.807, 2.05) is 0 Å². The molecule has 0 radical (unpaired) electrons. The van der Waals surface area contributed by atoms with Gasteiger partial charge in [0.25, 0.3) is 17.7 Å². The number of ether oxygens (including phenoxy) is 1. The van der Waals surface area contributed by atoms with Crippen LogP contribution >= 0.6 is 24.4 Å². The summed E-state index contributed by atoms with van der Waals surface area (Å²) in [6.45, 7) is 2.87. The SMILES string of the molecule is CC(=O)S[C@@H](CCCN1C(=O)c2ccccc2C1=O)C(=O)N(C)C(CS)C(=O)NC(=O)N1CCOCC1. The lowest BCUT2D eigenvalue weighted by molar-refractivity contribution is -0.137. The van der Waals surface area contributed by atoms with Gasteiger partial charge in [-0.3, -0.25) is 34.2 Å². The Bertz CT molecular complexity index is 1040. The Morgan fingerprint density at radius 3 is 2.24 bits per heavy atom. The Hall–Kier alpha value is -2.90. The van der Waals surface area contributed by atoms with Gasteiger partial charge in [0.2, 0.25) is 5.91 Å². The van der Waals surface area contributed by atoms with Crippen molar-refractivity contribution in [2.45, 2.75) is 31.1 Å². The number of urea groups is 1. The maximum absolute atomic E-state index is 13.3. The van der Waals surface area contributed by atoms with Crippen LogP contribution in [0.1, 0.15) is 40.5 Å². The highest BCUT2D eigenvalue weighted by molar-refractivity contribution is 8.14. The number of likely N-dealkylation sites (N-methyl/N-ethyl adjacent to an activating group) is 1. The van der Waals surface area contributed by atoms with Crippen molar-refractivity contribution in [2.24, 2.45) is 0 Å². The lowest BCUT2D eigenvalue weighted by atomic mass is 10.1. The van der Waals surface area contributed by atoms with Crippen molar-refractivity contribution in [3.05, 3.63) is 35.4 Å². The maximum Gasteiger partial charge on any atom is 0.324 e. The van der Waals surface area contributed by atoms with Crippen LogP contribution in [0.3, 0.4) is 0 Å². The highest BCUT2D eigenvalue weighted by Gasteiger charge is 2.36. The second-order valence-electron chi connectivity index (χ2n) is 8.59. The van der Waals surface area contributed by atoms with Crippen molar-refractivity contribution in [1.82, 2.24) is 20.0 Å². The van der Waals surface area contributed by atoms with Crippen LogP contribution in [0.2, 0.25) is 0 Å². The predicted octanol–water partition coefficient (Wildman–Crippen LogP) is 1.04. The van der Waals surface area contributed by atoms with Crippen LogP contribution in [0.4, 0.5) is 4.79 Å². The zero-order chi connectivity index (χ0) is 27.1. The average Bonchev–Trinajstić information content (AvgIpc) is 3.13. The average molecular weight is 551 g/mol. The minimum atomic E-state index is -1.05. The number of imide groups is 2. The molecule has 37 heavy (non-hydrogen) atoms. The molecule has 0 bridgehead atoms. The molecule has 200 valence electrons. The molecule has 2 heterocycles. The van der Waals surface area contributed by atoms with Crippen molar-refractivity contribution < 1.29 is 33.5 Å². The number of benzene rings is 1. The van der Waals surface area contributed by atoms with Gasteiger partial charge in [-0.2, -0.15) is 12.6 Å². The highest BCUT2D eigenvalue weighted by Crippen LogP contribution is 2.25. The lowest BCUT2D eigenvalue weighted by Crippen LogP contribution is -2.55. The molecular weight excluding hydrogens is 520 g/mol. The smallest absolute Gasteiger partial charge is 0.324 e. The number of carbonyl (C=O) groups is 6. The summed E-state index contributed by atoms with van der Waals surface area (Å²) >= 11 is 5.02. The van der Waals surface area contributed by atoms with E-state index in [9.17, 15) is 28.8 Å². The number of carbonyl (C=O) groups excluding carboxylic acids is 6. The highest BCUT2D eigenvalue weighted by atomic mass is 32.2. The van der Waals surface area contributed by atoms with Gasteiger partial charge in [0.05, 0.1) is 29.6 Å². The minimum absolute atomic E-state index is 0.0447. The molecular formula is C24H30N4O7S2. The Labute approximate surface area is 224 Å². The van der Waals surface area contributed by atoms with Gasteiger partial charge in [-0.05, 0) is 25.0 Å². The van der Waals surface area contributed by atoms with Gasteiger partial charge < -0.3 is 14.5 Å². The molecule has 1 aromatic rings. The molecule has 0 aliphatic carbocycles. The van der Waals surface area contributed by atoms with E-state index in [-0.39, 0.29) is 30.3 Å². The second kappa shape index (κ2) is 13.1. The molecule has 2 aliphatic heterocycles. The molecule has 1 aromatic carbocycles. The quantitative estimate of drug-likeness (QED) is 0.344. The summed E-state index contributed by atoms with van der Waals surface area (Å²) in [6.07, 6.45) is 0.470. The number of nitrogens with one attached hydrogen (secondary N) is 1. The van der Waals surface area contributed by atoms with Crippen molar-refractivity contribution >= 4 is 59.2 Å². The van der Waals surface area contributed by atoms with E-state index >= 15 is 0 Å². The molecule has 1 N–H and O–H groups in total. The molecule has 6 amide bonds. The summed E-state index contributed by atoms with van der Waals surface area (Å²) in [5.41, 5.74) is 0.680. The Morgan fingerprint density at radius 1 is 1.11 bits per heavy atom. The molecule has 3 rings (SSSR count). The van der Waals surface area contributed by atoms with Crippen molar-refractivity contribution in [3.8, 4) is 0 Å². The first-order valence-corrected chi connectivity index (χ1v) is 13.3. The number of nitrogens with zero attached hydrogens (tertiary/aromatic N) is 3. The number of hydrogen-bond donors (Lipinski definition) is 2. The fourth-order valence-electron chi connectivity index (χ4n) is 4.11. The number of thioether (sulfide) groups is 1. The molecule has 1 saturated heterocycles. The van der Waals surface area contributed by atoms with Crippen LogP contribution in [-0.2, 0) is 19.1 Å². The van der Waals surface area contributed by atoms with Gasteiger partial charge in [-0.1, -0.05) is 23.9 Å². The molecule has 13 heteroatoms. The third-order valence-electron chi connectivity index (χ3n) is 6.13. The fraction of sp³-hybridized carbons (Fsp3) is 0.500. The first kappa shape index (κ1) is 28.7. The summed E-state index contributed by atoms with van der Waals surface area (Å²) in [5.74, 6) is -2.00. The van der Waals surface area contributed by atoms with Crippen molar-refractivity contribution in [2.75, 3.05) is 45.6 Å². The second-order valence-corrected chi connectivity index (χ2v) is 10.3. The van der Waals surface area contributed by atoms with Crippen molar-refractivity contribution in [1.29, 1.82) is 0 Å². The number of fused-ring (bicyclic) bond motifs is 1. The number of thiol groups is 1. The van der Waals surface area contributed by atoms with E-state index in [2.05, 4.69) is 17.9 Å². The molecule has 0 aromatic heterocycles. The topological polar surface area (TPSA) is 133 Å². The van der Waals surface area contributed by atoms with E-state index < -0.39 is 41.0 Å². The minimum Gasteiger partial charge on any atom is -0.378 e. The summed E-state index contributed by atoms with van der Waals surface area (Å²) in [5, 5.41) is 1.17. The van der Waals surface area contributed by atoms with Gasteiger partial charge in [0, 0.05) is 39.4 Å². The van der Waals surface area contributed by atoms with Gasteiger partial charge in [-0.15, -0.1) is 0 Å². The molecule has 11 nitrogen and oxygen atoms in total.